The normalized spacial score (nSPS) is 11.1. The molecule has 0 N–H and O–H groups in total. The highest BCUT2D eigenvalue weighted by atomic mass is 19.1. The fourth-order valence-electron chi connectivity index (χ4n) is 1.67. The summed E-state index contributed by atoms with van der Waals surface area (Å²) in [6.45, 7) is 1.29. The summed E-state index contributed by atoms with van der Waals surface area (Å²) in [6.07, 6.45) is 1.89. The average Bonchev–Trinajstić information content (AvgIpc) is 2.58. The molecule has 0 atom stereocenters. The lowest BCUT2D eigenvalue weighted by Crippen LogP contribution is -2.07. The smallest absolute Gasteiger partial charge is 0.124 e. The molecule has 15 heavy (non-hydrogen) atoms. The molecule has 0 unspecified atom stereocenters. The summed E-state index contributed by atoms with van der Waals surface area (Å²) in [5, 5.41) is 0.882. The zero-order valence-electron chi connectivity index (χ0n) is 8.53. The van der Waals surface area contributed by atoms with E-state index in [1.54, 1.807) is 7.11 Å². The van der Waals surface area contributed by atoms with Crippen molar-refractivity contribution in [1.29, 1.82) is 0 Å². The fourth-order valence-corrected chi connectivity index (χ4v) is 1.67. The van der Waals surface area contributed by atoms with Crippen LogP contribution in [-0.4, -0.2) is 26.1 Å². The van der Waals surface area contributed by atoms with E-state index in [9.17, 15) is 4.39 Å². The molecule has 0 aliphatic rings. The van der Waals surface area contributed by atoms with Gasteiger partial charge in [0.25, 0.3) is 0 Å². The minimum absolute atomic E-state index is 0.308. The van der Waals surface area contributed by atoms with E-state index in [4.69, 9.17) is 12.6 Å². The van der Waals surface area contributed by atoms with E-state index in [1.165, 1.54) is 12.1 Å². The second-order valence-electron chi connectivity index (χ2n) is 3.43. The minimum atomic E-state index is -0.308. The lowest BCUT2D eigenvalue weighted by molar-refractivity contribution is 0.188. The van der Waals surface area contributed by atoms with Gasteiger partial charge in [-0.1, -0.05) is 5.46 Å². The number of nitrogens with zero attached hydrogens (tertiary/aromatic N) is 1. The van der Waals surface area contributed by atoms with Gasteiger partial charge < -0.3 is 9.30 Å². The summed E-state index contributed by atoms with van der Waals surface area (Å²) >= 11 is 0. The van der Waals surface area contributed by atoms with E-state index < -0.39 is 0 Å². The predicted molar refractivity (Wildman–Crippen MR) is 59.2 cm³/mol. The minimum Gasteiger partial charge on any atom is -0.383 e. The number of benzene rings is 1. The van der Waals surface area contributed by atoms with Crippen LogP contribution in [0.4, 0.5) is 4.39 Å². The van der Waals surface area contributed by atoms with Crippen LogP contribution in [0.15, 0.2) is 24.4 Å². The Morgan fingerprint density at radius 3 is 3.00 bits per heavy atom. The van der Waals surface area contributed by atoms with Gasteiger partial charge in [0, 0.05) is 19.9 Å². The third-order valence-electron chi connectivity index (χ3n) is 2.42. The predicted octanol–water partition coefficient (Wildman–Crippen LogP) is 1.22. The van der Waals surface area contributed by atoms with Crippen molar-refractivity contribution >= 4 is 24.2 Å². The molecule has 0 saturated heterocycles. The van der Waals surface area contributed by atoms with Crippen LogP contribution in [0, 0.1) is 5.82 Å². The molecular weight excluding hydrogens is 192 g/mol. The van der Waals surface area contributed by atoms with Crippen LogP contribution >= 0.6 is 0 Å². The molecule has 0 aliphatic heterocycles. The van der Waals surface area contributed by atoms with Crippen molar-refractivity contribution in [2.24, 2.45) is 0 Å². The lowest BCUT2D eigenvalue weighted by atomic mass is 9.92. The van der Waals surface area contributed by atoms with Crippen LogP contribution in [0.1, 0.15) is 0 Å². The van der Waals surface area contributed by atoms with Gasteiger partial charge in [0.05, 0.1) is 12.1 Å². The number of fused-ring (bicyclic) bond motifs is 1. The molecule has 2 radical (unpaired) electrons. The number of halogens is 1. The van der Waals surface area contributed by atoms with Crippen molar-refractivity contribution in [1.82, 2.24) is 4.57 Å². The summed E-state index contributed by atoms with van der Waals surface area (Å²) in [4.78, 5) is 0. The highest BCUT2D eigenvalue weighted by Crippen LogP contribution is 2.14. The Balaban J connectivity index is 2.49. The molecule has 0 amide bonds. The molecule has 1 heterocycles. The number of aromatic nitrogens is 1. The largest absolute Gasteiger partial charge is 0.383 e. The van der Waals surface area contributed by atoms with Crippen LogP contribution in [0.2, 0.25) is 0 Å². The quantitative estimate of drug-likeness (QED) is 0.684. The molecular formula is C11H11BFNO. The maximum atomic E-state index is 13.2. The van der Waals surface area contributed by atoms with Crippen LogP contribution in [0.5, 0.6) is 0 Å². The Morgan fingerprint density at radius 1 is 1.47 bits per heavy atom. The molecule has 2 nitrogen and oxygen atoms in total. The van der Waals surface area contributed by atoms with Gasteiger partial charge >= 0.3 is 0 Å². The zero-order chi connectivity index (χ0) is 10.8. The Bertz CT molecular complexity index is 481. The standard InChI is InChI=1S/C11H11BFNO/c1-15-5-4-14-3-2-9-10(12)6-8(13)7-11(9)14/h2-3,6-7H,4-5H2,1H3. The SMILES string of the molecule is [B]c1cc(F)cc2c1ccn2CCOC. The highest BCUT2D eigenvalue weighted by molar-refractivity contribution is 6.38. The molecule has 2 rings (SSSR count). The van der Waals surface area contributed by atoms with Crippen molar-refractivity contribution in [2.45, 2.75) is 6.54 Å². The Kier molecular flexibility index (Phi) is 2.78. The van der Waals surface area contributed by atoms with Gasteiger partial charge in [-0.05, 0) is 23.6 Å². The summed E-state index contributed by atoms with van der Waals surface area (Å²) < 4.78 is 20.1. The van der Waals surface area contributed by atoms with Crippen molar-refractivity contribution < 1.29 is 9.13 Å². The Labute approximate surface area is 89.1 Å². The number of ether oxygens (including phenoxy) is 1. The van der Waals surface area contributed by atoms with Crippen molar-refractivity contribution in [2.75, 3.05) is 13.7 Å². The monoisotopic (exact) mass is 203 g/mol. The third-order valence-corrected chi connectivity index (χ3v) is 2.42. The summed E-state index contributed by atoms with van der Waals surface area (Å²) in [5.41, 5.74) is 1.28. The number of methoxy groups -OCH3 is 1. The van der Waals surface area contributed by atoms with E-state index in [1.807, 2.05) is 16.8 Å². The van der Waals surface area contributed by atoms with Gasteiger partial charge in [0.2, 0.25) is 0 Å². The molecule has 0 aliphatic carbocycles. The highest BCUT2D eigenvalue weighted by Gasteiger charge is 2.04. The van der Waals surface area contributed by atoms with Crippen LogP contribution in [-0.2, 0) is 11.3 Å². The third kappa shape index (κ3) is 1.90. The van der Waals surface area contributed by atoms with E-state index in [0.717, 1.165) is 10.9 Å². The molecule has 4 heteroatoms. The zero-order valence-corrected chi connectivity index (χ0v) is 8.53. The number of hydrogen-bond donors (Lipinski definition) is 0. The molecule has 0 saturated carbocycles. The second-order valence-corrected chi connectivity index (χ2v) is 3.43. The van der Waals surface area contributed by atoms with Crippen LogP contribution in [0.3, 0.4) is 0 Å². The van der Waals surface area contributed by atoms with Gasteiger partial charge in [-0.25, -0.2) is 4.39 Å². The van der Waals surface area contributed by atoms with Gasteiger partial charge in [-0.3, -0.25) is 0 Å². The molecule has 2 aromatic rings. The van der Waals surface area contributed by atoms with Gasteiger partial charge in [0.15, 0.2) is 0 Å². The summed E-state index contributed by atoms with van der Waals surface area (Å²) in [7, 11) is 7.35. The topological polar surface area (TPSA) is 14.2 Å². The number of rotatable bonds is 3. The summed E-state index contributed by atoms with van der Waals surface area (Å²) in [6, 6.07) is 4.71. The van der Waals surface area contributed by atoms with E-state index in [2.05, 4.69) is 0 Å². The van der Waals surface area contributed by atoms with Crippen LogP contribution in [0.25, 0.3) is 10.9 Å². The molecule has 1 aromatic carbocycles. The van der Waals surface area contributed by atoms with Crippen molar-refractivity contribution in [3.05, 3.63) is 30.2 Å². The Hall–Kier alpha value is -1.29. The van der Waals surface area contributed by atoms with Gasteiger partial charge in [-0.15, -0.1) is 0 Å². The van der Waals surface area contributed by atoms with Crippen molar-refractivity contribution in [3.8, 4) is 0 Å². The summed E-state index contributed by atoms with van der Waals surface area (Å²) in [5.74, 6) is -0.308. The molecule has 0 spiro atoms. The van der Waals surface area contributed by atoms with Crippen LogP contribution < -0.4 is 5.46 Å². The molecule has 0 bridgehead atoms. The second kappa shape index (κ2) is 4.07. The van der Waals surface area contributed by atoms with Crippen molar-refractivity contribution in [3.63, 3.8) is 0 Å². The Morgan fingerprint density at radius 2 is 2.27 bits per heavy atom. The van der Waals surface area contributed by atoms with Gasteiger partial charge in [0.1, 0.15) is 13.7 Å². The first-order valence-corrected chi connectivity index (χ1v) is 4.75. The first-order chi connectivity index (χ1) is 7.22. The average molecular weight is 203 g/mol. The molecule has 76 valence electrons. The first-order valence-electron chi connectivity index (χ1n) is 4.75. The fraction of sp³-hybridized carbons (Fsp3) is 0.273. The lowest BCUT2D eigenvalue weighted by Gasteiger charge is -2.05. The van der Waals surface area contributed by atoms with E-state index in [-0.39, 0.29) is 5.82 Å². The molecule has 1 aromatic heterocycles. The molecule has 0 fully saturated rings. The van der Waals surface area contributed by atoms with E-state index >= 15 is 0 Å². The van der Waals surface area contributed by atoms with E-state index in [0.29, 0.717) is 18.6 Å². The first kappa shape index (κ1) is 10.2. The maximum absolute atomic E-state index is 13.2. The number of hydrogen-bond acceptors (Lipinski definition) is 1. The van der Waals surface area contributed by atoms with Gasteiger partial charge in [-0.2, -0.15) is 0 Å². The maximum Gasteiger partial charge on any atom is 0.124 e.